The summed E-state index contributed by atoms with van der Waals surface area (Å²) in [5.74, 6) is -0.393. The SMILES string of the molecule is Cc1cc(C(=O)CCc2nc(-c3ccc(C(F)(F)F)cc3)sc2C(C)C)ccc1OOC(=O)C(C)C. The van der Waals surface area contributed by atoms with Gasteiger partial charge in [0, 0.05) is 22.4 Å². The van der Waals surface area contributed by atoms with Gasteiger partial charge in [-0.1, -0.05) is 39.8 Å². The molecule has 0 unspecified atom stereocenters. The molecule has 0 aliphatic carbocycles. The molecule has 0 fully saturated rings. The summed E-state index contributed by atoms with van der Waals surface area (Å²) in [5.41, 5.74) is 1.83. The molecule has 0 amide bonds. The molecule has 0 radical (unpaired) electrons. The Hall–Kier alpha value is -3.20. The molecule has 0 saturated heterocycles. The first-order valence-electron chi connectivity index (χ1n) is 11.6. The molecule has 0 aliphatic rings. The van der Waals surface area contributed by atoms with Gasteiger partial charge in [0.05, 0.1) is 17.2 Å². The van der Waals surface area contributed by atoms with E-state index in [9.17, 15) is 22.8 Å². The number of benzene rings is 2. The lowest BCUT2D eigenvalue weighted by Crippen LogP contribution is -2.14. The molecule has 0 N–H and O–H groups in total. The van der Waals surface area contributed by atoms with E-state index in [4.69, 9.17) is 9.78 Å². The number of hydrogen-bond donors (Lipinski definition) is 0. The monoisotopic (exact) mass is 519 g/mol. The van der Waals surface area contributed by atoms with Crippen LogP contribution >= 0.6 is 11.3 Å². The molecule has 2 aromatic carbocycles. The average molecular weight is 520 g/mol. The van der Waals surface area contributed by atoms with E-state index < -0.39 is 17.7 Å². The number of ketones is 1. The van der Waals surface area contributed by atoms with Crippen molar-refractivity contribution in [2.24, 2.45) is 5.92 Å². The van der Waals surface area contributed by atoms with E-state index in [0.717, 1.165) is 22.7 Å². The summed E-state index contributed by atoms with van der Waals surface area (Å²) in [6.45, 7) is 9.18. The number of carbonyl (C=O) groups is 2. The van der Waals surface area contributed by atoms with Gasteiger partial charge < -0.3 is 0 Å². The Morgan fingerprint density at radius 2 is 1.69 bits per heavy atom. The highest BCUT2D eigenvalue weighted by Gasteiger charge is 2.30. The van der Waals surface area contributed by atoms with Gasteiger partial charge in [-0.2, -0.15) is 13.2 Å². The van der Waals surface area contributed by atoms with Gasteiger partial charge in [0.1, 0.15) is 5.01 Å². The van der Waals surface area contributed by atoms with E-state index in [1.807, 2.05) is 13.8 Å². The van der Waals surface area contributed by atoms with Crippen LogP contribution in [0.15, 0.2) is 42.5 Å². The number of thiazole rings is 1. The second-order valence-corrected chi connectivity index (χ2v) is 10.1. The van der Waals surface area contributed by atoms with Crippen LogP contribution in [0, 0.1) is 12.8 Å². The van der Waals surface area contributed by atoms with E-state index in [1.54, 1.807) is 39.0 Å². The quantitative estimate of drug-likeness (QED) is 0.166. The lowest BCUT2D eigenvalue weighted by molar-refractivity contribution is -0.217. The zero-order chi connectivity index (χ0) is 26.6. The van der Waals surface area contributed by atoms with Crippen molar-refractivity contribution < 1.29 is 32.5 Å². The standard InChI is InChI=1S/C27H28F3NO4S/c1-15(2)24-21(31-25(36-24)18-6-9-20(10-7-18)27(28,29)30)11-12-22(32)19-8-13-23(17(5)14-19)34-35-26(33)16(3)4/h6-10,13-16H,11-12H2,1-5H3. The van der Waals surface area contributed by atoms with Crippen LogP contribution in [0.2, 0.25) is 0 Å². The first kappa shape index (κ1) is 27.4. The van der Waals surface area contributed by atoms with Crippen molar-refractivity contribution in [3.63, 3.8) is 0 Å². The second-order valence-electron chi connectivity index (χ2n) is 9.10. The summed E-state index contributed by atoms with van der Waals surface area (Å²) >= 11 is 1.43. The van der Waals surface area contributed by atoms with Gasteiger partial charge in [0.2, 0.25) is 0 Å². The van der Waals surface area contributed by atoms with Crippen LogP contribution in [0.5, 0.6) is 5.75 Å². The third-order valence-corrected chi connectivity index (χ3v) is 6.93. The van der Waals surface area contributed by atoms with Crippen LogP contribution in [0.1, 0.15) is 72.1 Å². The molecule has 3 aromatic rings. The number of hydrogen-bond acceptors (Lipinski definition) is 6. The normalized spacial score (nSPS) is 11.7. The molecular formula is C27H28F3NO4S. The number of alkyl halides is 3. The van der Waals surface area contributed by atoms with Crippen molar-refractivity contribution in [2.75, 3.05) is 0 Å². The first-order chi connectivity index (χ1) is 16.9. The Morgan fingerprint density at radius 3 is 2.25 bits per heavy atom. The van der Waals surface area contributed by atoms with Crippen molar-refractivity contribution >= 4 is 23.1 Å². The predicted molar refractivity (Wildman–Crippen MR) is 132 cm³/mol. The maximum Gasteiger partial charge on any atom is 0.416 e. The Kier molecular flexibility index (Phi) is 8.55. The molecule has 1 aromatic heterocycles. The fraction of sp³-hybridized carbons (Fsp3) is 0.370. The summed E-state index contributed by atoms with van der Waals surface area (Å²) in [6, 6.07) is 9.83. The summed E-state index contributed by atoms with van der Waals surface area (Å²) in [4.78, 5) is 40.0. The van der Waals surface area contributed by atoms with Gasteiger partial charge in [0.25, 0.3) is 0 Å². The smallest absolute Gasteiger partial charge is 0.294 e. The lowest BCUT2D eigenvalue weighted by Gasteiger charge is -2.10. The van der Waals surface area contributed by atoms with E-state index >= 15 is 0 Å². The number of nitrogens with zero attached hydrogens (tertiary/aromatic N) is 1. The second kappa shape index (κ2) is 11.2. The van der Waals surface area contributed by atoms with Gasteiger partial charge >= 0.3 is 12.1 Å². The van der Waals surface area contributed by atoms with Crippen LogP contribution in [0.3, 0.4) is 0 Å². The highest BCUT2D eigenvalue weighted by atomic mass is 32.1. The number of rotatable bonds is 9. The fourth-order valence-corrected chi connectivity index (χ4v) is 4.51. The van der Waals surface area contributed by atoms with Gasteiger partial charge in [-0.25, -0.2) is 9.78 Å². The Balaban J connectivity index is 1.71. The van der Waals surface area contributed by atoms with Crippen molar-refractivity contribution in [2.45, 2.75) is 59.6 Å². The van der Waals surface area contributed by atoms with E-state index in [1.165, 1.54) is 23.5 Å². The number of halogens is 3. The molecule has 1 heterocycles. The highest BCUT2D eigenvalue weighted by Crippen LogP contribution is 2.36. The number of aryl methyl sites for hydroxylation is 2. The first-order valence-corrected chi connectivity index (χ1v) is 12.4. The minimum absolute atomic E-state index is 0.0809. The van der Waals surface area contributed by atoms with Crippen molar-refractivity contribution in [1.29, 1.82) is 0 Å². The highest BCUT2D eigenvalue weighted by molar-refractivity contribution is 7.15. The van der Waals surface area contributed by atoms with Crippen LogP contribution in [-0.4, -0.2) is 16.7 Å². The van der Waals surface area contributed by atoms with Crippen molar-refractivity contribution in [1.82, 2.24) is 4.98 Å². The largest absolute Gasteiger partial charge is 0.416 e. The molecule has 9 heteroatoms. The molecule has 0 atom stereocenters. The van der Waals surface area contributed by atoms with Gasteiger partial charge in [-0.05, 0) is 55.2 Å². The van der Waals surface area contributed by atoms with Crippen molar-refractivity contribution in [3.8, 4) is 16.3 Å². The Bertz CT molecular complexity index is 1230. The molecule has 0 aliphatic heterocycles. The Morgan fingerprint density at radius 1 is 1.03 bits per heavy atom. The lowest BCUT2D eigenvalue weighted by atomic mass is 10.0. The third kappa shape index (κ3) is 6.72. The van der Waals surface area contributed by atoms with Crippen molar-refractivity contribution in [3.05, 3.63) is 69.7 Å². The molecule has 3 rings (SSSR count). The van der Waals surface area contributed by atoms with E-state index in [0.29, 0.717) is 33.9 Å². The van der Waals surface area contributed by atoms with Gasteiger partial charge in [-0.3, -0.25) is 14.6 Å². The molecule has 0 spiro atoms. The predicted octanol–water partition coefficient (Wildman–Crippen LogP) is 7.57. The number of aromatic nitrogens is 1. The molecule has 36 heavy (non-hydrogen) atoms. The average Bonchev–Trinajstić information content (AvgIpc) is 3.25. The number of carbonyl (C=O) groups excluding carboxylic acids is 2. The molecular weight excluding hydrogens is 491 g/mol. The maximum atomic E-state index is 12.9. The summed E-state index contributed by atoms with van der Waals surface area (Å²) in [5, 5.41) is 0.628. The maximum absolute atomic E-state index is 12.9. The van der Waals surface area contributed by atoms with Gasteiger partial charge in [0.15, 0.2) is 11.5 Å². The van der Waals surface area contributed by atoms with E-state index in [-0.39, 0.29) is 24.0 Å². The molecule has 5 nitrogen and oxygen atoms in total. The Labute approximate surface area is 212 Å². The zero-order valence-corrected chi connectivity index (χ0v) is 21.5. The molecule has 192 valence electrons. The molecule has 0 bridgehead atoms. The van der Waals surface area contributed by atoms with Gasteiger partial charge in [-0.15, -0.1) is 11.3 Å². The summed E-state index contributed by atoms with van der Waals surface area (Å²) < 4.78 is 38.7. The zero-order valence-electron chi connectivity index (χ0n) is 20.7. The topological polar surface area (TPSA) is 65.5 Å². The minimum Gasteiger partial charge on any atom is -0.294 e. The molecule has 0 saturated carbocycles. The third-order valence-electron chi connectivity index (χ3n) is 5.48. The van der Waals surface area contributed by atoms with Crippen LogP contribution in [-0.2, 0) is 22.3 Å². The van der Waals surface area contributed by atoms with Crippen LogP contribution in [0.25, 0.3) is 10.6 Å². The number of Topliss-reactive ketones (excluding diaryl/α,β-unsaturated/α-hetero) is 1. The summed E-state index contributed by atoms with van der Waals surface area (Å²) in [6.07, 6.45) is -3.76. The minimum atomic E-state index is -4.39. The fourth-order valence-electron chi connectivity index (χ4n) is 3.39. The van der Waals surface area contributed by atoms with Crippen LogP contribution in [0.4, 0.5) is 13.2 Å². The van der Waals surface area contributed by atoms with E-state index in [2.05, 4.69) is 4.98 Å². The summed E-state index contributed by atoms with van der Waals surface area (Å²) in [7, 11) is 0. The van der Waals surface area contributed by atoms with Crippen LogP contribution < -0.4 is 4.89 Å².